The maximum absolute atomic E-state index is 15.6. The minimum atomic E-state index is -2.91. The van der Waals surface area contributed by atoms with Crippen LogP contribution in [-0.4, -0.2) is 33.2 Å². The number of carbonyl (C=O) groups is 2. The van der Waals surface area contributed by atoms with Gasteiger partial charge in [-0.25, -0.2) is 23.1 Å². The zero-order valence-electron chi connectivity index (χ0n) is 23.0. The molecule has 0 radical (unpaired) electrons. The van der Waals surface area contributed by atoms with Crippen LogP contribution in [0, 0.1) is 11.2 Å². The Hall–Kier alpha value is -3.75. The van der Waals surface area contributed by atoms with Gasteiger partial charge in [-0.15, -0.1) is 0 Å². The van der Waals surface area contributed by atoms with Gasteiger partial charge in [-0.05, 0) is 42.4 Å². The van der Waals surface area contributed by atoms with Crippen molar-refractivity contribution in [1.82, 2.24) is 14.9 Å². The van der Waals surface area contributed by atoms with Crippen LogP contribution in [0.5, 0.6) is 0 Å². The number of nitrogens with zero attached hydrogens (tertiary/aromatic N) is 4. The monoisotopic (exact) mass is 550 g/mol. The van der Waals surface area contributed by atoms with E-state index >= 15 is 4.39 Å². The van der Waals surface area contributed by atoms with Crippen LogP contribution >= 0.6 is 0 Å². The van der Waals surface area contributed by atoms with E-state index in [0.717, 1.165) is 36.5 Å². The van der Waals surface area contributed by atoms with Crippen LogP contribution in [0.25, 0.3) is 0 Å². The first-order valence-electron chi connectivity index (χ1n) is 13.6. The molecule has 210 valence electrons. The Bertz CT molecular complexity index is 1400. The lowest BCUT2D eigenvalue weighted by Crippen LogP contribution is -2.32. The first-order chi connectivity index (χ1) is 18.9. The van der Waals surface area contributed by atoms with Crippen molar-refractivity contribution in [2.75, 3.05) is 11.4 Å². The third-order valence-electron chi connectivity index (χ3n) is 7.90. The van der Waals surface area contributed by atoms with Crippen molar-refractivity contribution in [3.63, 3.8) is 0 Å². The van der Waals surface area contributed by atoms with E-state index in [1.807, 2.05) is 29.2 Å². The number of hydrogen-bond donors (Lipinski definition) is 0. The Labute approximate surface area is 232 Å². The molecule has 0 spiro atoms. The summed E-state index contributed by atoms with van der Waals surface area (Å²) in [6.45, 7) is 5.29. The van der Waals surface area contributed by atoms with Crippen LogP contribution in [0.15, 0.2) is 54.9 Å². The van der Waals surface area contributed by atoms with Gasteiger partial charge in [0.2, 0.25) is 11.8 Å². The number of alkyl halides is 2. The fourth-order valence-electron chi connectivity index (χ4n) is 5.58. The SMILES string of the molecule is CC1(C)CC(=O)N(Cc2ccc(CCc3ncnc(N4CCCC4c4ccc(C(C)(F)F)cc4)c3F)cc2)C1=O. The molecule has 40 heavy (non-hydrogen) atoms. The summed E-state index contributed by atoms with van der Waals surface area (Å²) in [4.78, 5) is 36.4. The number of halogens is 3. The van der Waals surface area contributed by atoms with Gasteiger partial charge in [-0.1, -0.05) is 62.4 Å². The lowest BCUT2D eigenvalue weighted by Gasteiger charge is -2.27. The van der Waals surface area contributed by atoms with Crippen molar-refractivity contribution in [3.05, 3.63) is 88.6 Å². The lowest BCUT2D eigenvalue weighted by atomic mass is 9.92. The second-order valence-electron chi connectivity index (χ2n) is 11.5. The molecule has 5 rings (SSSR count). The van der Waals surface area contributed by atoms with Crippen molar-refractivity contribution in [3.8, 4) is 0 Å². The molecule has 1 atom stereocenters. The molecule has 2 aliphatic heterocycles. The minimum absolute atomic E-state index is 0.0497. The Morgan fingerprint density at radius 2 is 1.65 bits per heavy atom. The summed E-state index contributed by atoms with van der Waals surface area (Å²) in [5.74, 6) is -3.46. The Kier molecular flexibility index (Phi) is 7.42. The minimum Gasteiger partial charge on any atom is -0.347 e. The fraction of sp³-hybridized carbons (Fsp3) is 0.419. The van der Waals surface area contributed by atoms with Crippen LogP contribution in [0.3, 0.4) is 0 Å². The maximum Gasteiger partial charge on any atom is 0.270 e. The zero-order chi connectivity index (χ0) is 28.7. The van der Waals surface area contributed by atoms with Crippen LogP contribution < -0.4 is 4.90 Å². The maximum atomic E-state index is 15.6. The number of aryl methyl sites for hydroxylation is 2. The topological polar surface area (TPSA) is 66.4 Å². The summed E-state index contributed by atoms with van der Waals surface area (Å²) < 4.78 is 42.9. The molecule has 2 amide bonds. The van der Waals surface area contributed by atoms with E-state index in [1.165, 1.54) is 23.4 Å². The Balaban J connectivity index is 1.25. The molecule has 0 bridgehead atoms. The van der Waals surface area contributed by atoms with E-state index in [-0.39, 0.29) is 42.2 Å². The number of hydrogen-bond acceptors (Lipinski definition) is 5. The van der Waals surface area contributed by atoms with Crippen LogP contribution in [0.4, 0.5) is 19.0 Å². The van der Waals surface area contributed by atoms with Crippen molar-refractivity contribution < 1.29 is 22.8 Å². The van der Waals surface area contributed by atoms with E-state index in [2.05, 4.69) is 9.97 Å². The predicted octanol–water partition coefficient (Wildman–Crippen LogP) is 6.14. The summed E-state index contributed by atoms with van der Waals surface area (Å²) in [5, 5.41) is 0. The molecule has 0 aliphatic carbocycles. The molecule has 1 unspecified atom stereocenters. The number of likely N-dealkylation sites (tertiary alicyclic amines) is 1. The van der Waals surface area contributed by atoms with E-state index < -0.39 is 17.2 Å². The standard InChI is InChI=1S/C31H33F3N4O2/c1-30(2)17-26(39)38(29(30)40)18-21-8-6-20(7-9-21)10-15-24-27(32)28(36-19-35-24)37-16-4-5-25(37)22-11-13-23(14-12-22)31(3,33)34/h6-9,11-14,19,25H,4-5,10,15-18H2,1-3H3. The molecule has 0 saturated carbocycles. The van der Waals surface area contributed by atoms with Gasteiger partial charge in [0.15, 0.2) is 11.6 Å². The van der Waals surface area contributed by atoms with E-state index in [4.69, 9.17) is 0 Å². The first kappa shape index (κ1) is 27.8. The quantitative estimate of drug-likeness (QED) is 0.315. The van der Waals surface area contributed by atoms with Gasteiger partial charge in [0.05, 0.1) is 23.7 Å². The highest BCUT2D eigenvalue weighted by Crippen LogP contribution is 2.38. The summed E-state index contributed by atoms with van der Waals surface area (Å²) >= 11 is 0. The van der Waals surface area contributed by atoms with Gasteiger partial charge in [-0.2, -0.15) is 0 Å². The molecule has 2 aliphatic rings. The number of rotatable bonds is 8. The van der Waals surface area contributed by atoms with E-state index in [9.17, 15) is 18.4 Å². The summed E-state index contributed by atoms with van der Waals surface area (Å²) in [6, 6.07) is 13.7. The van der Waals surface area contributed by atoms with E-state index in [0.29, 0.717) is 25.1 Å². The van der Waals surface area contributed by atoms with Gasteiger partial charge < -0.3 is 4.90 Å². The largest absolute Gasteiger partial charge is 0.347 e. The molecule has 9 heteroatoms. The van der Waals surface area contributed by atoms with Crippen molar-refractivity contribution >= 4 is 17.6 Å². The third kappa shape index (κ3) is 5.60. The number of amides is 2. The average molecular weight is 551 g/mol. The Morgan fingerprint density at radius 3 is 2.27 bits per heavy atom. The molecule has 2 saturated heterocycles. The molecule has 0 N–H and O–H groups in total. The predicted molar refractivity (Wildman–Crippen MR) is 145 cm³/mol. The highest BCUT2D eigenvalue weighted by Gasteiger charge is 2.44. The number of benzene rings is 2. The van der Waals surface area contributed by atoms with Crippen molar-refractivity contribution in [1.29, 1.82) is 0 Å². The second kappa shape index (κ2) is 10.7. The summed E-state index contributed by atoms with van der Waals surface area (Å²) in [7, 11) is 0. The number of carbonyl (C=O) groups excluding carboxylic acids is 2. The molecule has 1 aromatic heterocycles. The van der Waals surface area contributed by atoms with Gasteiger partial charge in [0.1, 0.15) is 6.33 Å². The van der Waals surface area contributed by atoms with Crippen LogP contribution in [-0.2, 0) is 34.9 Å². The summed E-state index contributed by atoms with van der Waals surface area (Å²) in [6.07, 6.45) is 4.14. The van der Waals surface area contributed by atoms with Gasteiger partial charge in [-0.3, -0.25) is 14.5 Å². The van der Waals surface area contributed by atoms with Gasteiger partial charge in [0, 0.05) is 25.5 Å². The van der Waals surface area contributed by atoms with Crippen LogP contribution in [0.2, 0.25) is 0 Å². The first-order valence-corrected chi connectivity index (χ1v) is 13.6. The number of anilines is 1. The molecule has 2 aromatic carbocycles. The smallest absolute Gasteiger partial charge is 0.270 e. The average Bonchev–Trinajstić information content (AvgIpc) is 3.47. The molecule has 3 aromatic rings. The van der Waals surface area contributed by atoms with Crippen molar-refractivity contribution in [2.45, 2.75) is 71.4 Å². The third-order valence-corrected chi connectivity index (χ3v) is 7.90. The molecule has 6 nitrogen and oxygen atoms in total. The normalized spacial score (nSPS) is 19.1. The summed E-state index contributed by atoms with van der Waals surface area (Å²) in [5.41, 5.74) is 2.29. The number of imide groups is 1. The fourth-order valence-corrected chi connectivity index (χ4v) is 5.58. The number of aromatic nitrogens is 2. The zero-order valence-corrected chi connectivity index (χ0v) is 23.0. The highest BCUT2D eigenvalue weighted by atomic mass is 19.3. The molecular weight excluding hydrogens is 517 g/mol. The highest BCUT2D eigenvalue weighted by molar-refractivity contribution is 6.05. The molecule has 3 heterocycles. The molecular formula is C31H33F3N4O2. The molecule has 2 fully saturated rings. The van der Waals surface area contributed by atoms with Crippen molar-refractivity contribution in [2.24, 2.45) is 5.41 Å². The lowest BCUT2D eigenvalue weighted by molar-refractivity contribution is -0.141. The van der Waals surface area contributed by atoms with Gasteiger partial charge in [0.25, 0.3) is 5.92 Å². The Morgan fingerprint density at radius 1 is 0.975 bits per heavy atom. The second-order valence-corrected chi connectivity index (χ2v) is 11.5. The van der Waals surface area contributed by atoms with E-state index in [1.54, 1.807) is 26.0 Å². The van der Waals surface area contributed by atoms with Crippen LogP contribution in [0.1, 0.15) is 74.0 Å². The van der Waals surface area contributed by atoms with Gasteiger partial charge >= 0.3 is 0 Å².